The van der Waals surface area contributed by atoms with Crippen LogP contribution in [0.2, 0.25) is 0 Å². The van der Waals surface area contributed by atoms with Gasteiger partial charge in [-0.2, -0.15) is 0 Å². The summed E-state index contributed by atoms with van der Waals surface area (Å²) in [7, 11) is -3.46. The number of aromatic nitrogens is 1. The summed E-state index contributed by atoms with van der Waals surface area (Å²) in [5.41, 5.74) is 0.543. The third-order valence-corrected chi connectivity index (χ3v) is 6.33. The Morgan fingerprint density at radius 1 is 1.14 bits per heavy atom. The van der Waals surface area contributed by atoms with Crippen LogP contribution < -0.4 is 0 Å². The Morgan fingerprint density at radius 3 is 2.52 bits per heavy atom. The first-order valence-electron chi connectivity index (χ1n) is 7.09. The highest BCUT2D eigenvalue weighted by Gasteiger charge is 2.29. The van der Waals surface area contributed by atoms with Gasteiger partial charge in [-0.1, -0.05) is 25.3 Å². The van der Waals surface area contributed by atoms with E-state index in [0.29, 0.717) is 18.4 Å². The molecule has 21 heavy (non-hydrogen) atoms. The summed E-state index contributed by atoms with van der Waals surface area (Å²) in [5.74, 6) is -1.06. The van der Waals surface area contributed by atoms with Crippen LogP contribution in [0, 0.1) is 0 Å². The summed E-state index contributed by atoms with van der Waals surface area (Å²) in [6.07, 6.45) is 5.84. The molecule has 5 nitrogen and oxygen atoms in total. The second-order valence-corrected chi connectivity index (χ2v) is 7.59. The Morgan fingerprint density at radius 2 is 1.86 bits per heavy atom. The maximum absolute atomic E-state index is 12.8. The van der Waals surface area contributed by atoms with Gasteiger partial charge in [0.25, 0.3) is 0 Å². The first kappa shape index (κ1) is 14.1. The molecule has 2 aromatic rings. The summed E-state index contributed by atoms with van der Waals surface area (Å²) in [6, 6.07) is 6.27. The Balaban J connectivity index is 2.10. The van der Waals surface area contributed by atoms with Crippen LogP contribution in [-0.4, -0.2) is 28.7 Å². The van der Waals surface area contributed by atoms with Gasteiger partial charge < -0.3 is 5.11 Å². The molecular formula is C15H17NO4S. The number of aromatic carboxylic acids is 1. The topological polar surface area (TPSA) is 76.4 Å². The van der Waals surface area contributed by atoms with Crippen molar-refractivity contribution in [1.82, 2.24) is 3.97 Å². The van der Waals surface area contributed by atoms with Gasteiger partial charge in [-0.15, -0.1) is 0 Å². The summed E-state index contributed by atoms with van der Waals surface area (Å²) < 4.78 is 26.8. The molecule has 1 aromatic heterocycles. The van der Waals surface area contributed by atoms with E-state index in [1.165, 1.54) is 22.3 Å². The SMILES string of the molecule is O=C(O)c1ccc2ccn(S(=O)(=O)C3CCCCC3)c2c1. The molecule has 1 fully saturated rings. The van der Waals surface area contributed by atoms with Gasteiger partial charge >= 0.3 is 5.97 Å². The summed E-state index contributed by atoms with van der Waals surface area (Å²) in [5, 5.41) is 9.44. The van der Waals surface area contributed by atoms with Gasteiger partial charge in [0.05, 0.1) is 16.3 Å². The molecule has 0 saturated heterocycles. The molecule has 0 aliphatic heterocycles. The zero-order valence-electron chi connectivity index (χ0n) is 11.5. The molecule has 6 heteroatoms. The van der Waals surface area contributed by atoms with Crippen molar-refractivity contribution < 1.29 is 18.3 Å². The molecule has 1 aromatic carbocycles. The lowest BCUT2D eigenvalue weighted by molar-refractivity contribution is 0.0697. The molecule has 0 spiro atoms. The summed E-state index contributed by atoms with van der Waals surface area (Å²) >= 11 is 0. The normalized spacial score (nSPS) is 17.1. The van der Waals surface area contributed by atoms with Crippen LogP contribution >= 0.6 is 0 Å². The molecule has 1 N–H and O–H groups in total. The standard InChI is InChI=1S/C15H17NO4S/c17-15(18)12-7-6-11-8-9-16(14(11)10-12)21(19,20)13-4-2-1-3-5-13/h6-10,13H,1-5H2,(H,17,18). The van der Waals surface area contributed by atoms with Crippen LogP contribution in [0.25, 0.3) is 10.9 Å². The van der Waals surface area contributed by atoms with E-state index in [1.807, 2.05) is 0 Å². The number of fused-ring (bicyclic) bond motifs is 1. The minimum absolute atomic E-state index is 0.0984. The van der Waals surface area contributed by atoms with Crippen molar-refractivity contribution in [1.29, 1.82) is 0 Å². The minimum Gasteiger partial charge on any atom is -0.478 e. The molecule has 1 saturated carbocycles. The van der Waals surface area contributed by atoms with Gasteiger partial charge in [-0.3, -0.25) is 0 Å². The monoisotopic (exact) mass is 307 g/mol. The molecule has 1 aliphatic carbocycles. The van der Waals surface area contributed by atoms with Crippen molar-refractivity contribution >= 4 is 26.9 Å². The first-order chi connectivity index (χ1) is 10.00. The maximum atomic E-state index is 12.8. The Hall–Kier alpha value is -1.82. The average molecular weight is 307 g/mol. The lowest BCUT2D eigenvalue weighted by Gasteiger charge is -2.22. The Labute approximate surface area is 123 Å². The number of carboxylic acids is 1. The molecule has 1 heterocycles. The van der Waals surface area contributed by atoms with Crippen LogP contribution in [0.4, 0.5) is 0 Å². The third kappa shape index (κ3) is 2.44. The van der Waals surface area contributed by atoms with Crippen molar-refractivity contribution in [3.63, 3.8) is 0 Å². The van der Waals surface area contributed by atoms with Crippen molar-refractivity contribution in [2.45, 2.75) is 37.4 Å². The van der Waals surface area contributed by atoms with Gasteiger partial charge in [-0.25, -0.2) is 17.2 Å². The maximum Gasteiger partial charge on any atom is 0.335 e. The average Bonchev–Trinajstić information content (AvgIpc) is 2.91. The van der Waals surface area contributed by atoms with Gasteiger partial charge in [-0.05, 0) is 31.0 Å². The van der Waals surface area contributed by atoms with Gasteiger partial charge in [0, 0.05) is 11.6 Å². The number of benzene rings is 1. The minimum atomic E-state index is -3.46. The van der Waals surface area contributed by atoms with E-state index in [-0.39, 0.29) is 10.8 Å². The van der Waals surface area contributed by atoms with Gasteiger partial charge in [0.15, 0.2) is 0 Å². The fraction of sp³-hybridized carbons (Fsp3) is 0.400. The zero-order chi connectivity index (χ0) is 15.0. The molecule has 0 radical (unpaired) electrons. The predicted octanol–water partition coefficient (Wildman–Crippen LogP) is 2.85. The molecule has 0 unspecified atom stereocenters. The Bertz CT molecular complexity index is 785. The molecule has 0 atom stereocenters. The van der Waals surface area contributed by atoms with Gasteiger partial charge in [0.2, 0.25) is 10.0 Å². The number of carbonyl (C=O) groups is 1. The third-order valence-electron chi connectivity index (χ3n) is 4.15. The molecule has 0 amide bonds. The molecule has 112 valence electrons. The van der Waals surface area contributed by atoms with E-state index < -0.39 is 16.0 Å². The van der Waals surface area contributed by atoms with E-state index in [1.54, 1.807) is 12.1 Å². The van der Waals surface area contributed by atoms with Crippen LogP contribution in [0.3, 0.4) is 0 Å². The highest BCUT2D eigenvalue weighted by molar-refractivity contribution is 7.90. The van der Waals surface area contributed by atoms with E-state index in [2.05, 4.69) is 0 Å². The van der Waals surface area contributed by atoms with Crippen LogP contribution in [-0.2, 0) is 10.0 Å². The fourth-order valence-corrected chi connectivity index (χ4v) is 4.90. The van der Waals surface area contributed by atoms with Crippen molar-refractivity contribution in [2.24, 2.45) is 0 Å². The number of hydrogen-bond donors (Lipinski definition) is 1. The smallest absolute Gasteiger partial charge is 0.335 e. The highest BCUT2D eigenvalue weighted by Crippen LogP contribution is 2.28. The van der Waals surface area contributed by atoms with E-state index in [4.69, 9.17) is 5.11 Å². The number of carboxylic acid groups (broad SMARTS) is 1. The molecule has 0 bridgehead atoms. The lowest BCUT2D eigenvalue weighted by Crippen LogP contribution is -2.29. The second kappa shape index (κ2) is 5.18. The number of rotatable bonds is 3. The second-order valence-electron chi connectivity index (χ2n) is 5.50. The van der Waals surface area contributed by atoms with E-state index >= 15 is 0 Å². The van der Waals surface area contributed by atoms with Crippen molar-refractivity contribution in [3.8, 4) is 0 Å². The van der Waals surface area contributed by atoms with Crippen LogP contribution in [0.5, 0.6) is 0 Å². The highest BCUT2D eigenvalue weighted by atomic mass is 32.2. The lowest BCUT2D eigenvalue weighted by atomic mass is 10.0. The predicted molar refractivity (Wildman–Crippen MR) is 80.1 cm³/mol. The van der Waals surface area contributed by atoms with Crippen molar-refractivity contribution in [2.75, 3.05) is 0 Å². The van der Waals surface area contributed by atoms with Gasteiger partial charge in [0.1, 0.15) is 0 Å². The molecule has 1 aliphatic rings. The Kier molecular flexibility index (Phi) is 3.49. The first-order valence-corrected chi connectivity index (χ1v) is 8.59. The largest absolute Gasteiger partial charge is 0.478 e. The van der Waals surface area contributed by atoms with Crippen LogP contribution in [0.1, 0.15) is 42.5 Å². The zero-order valence-corrected chi connectivity index (χ0v) is 12.3. The fourth-order valence-electron chi connectivity index (χ4n) is 2.98. The number of hydrogen-bond acceptors (Lipinski definition) is 3. The van der Waals surface area contributed by atoms with Crippen LogP contribution in [0.15, 0.2) is 30.5 Å². The van der Waals surface area contributed by atoms with Crippen molar-refractivity contribution in [3.05, 3.63) is 36.0 Å². The van der Waals surface area contributed by atoms with E-state index in [9.17, 15) is 13.2 Å². The quantitative estimate of drug-likeness (QED) is 0.946. The molecular weight excluding hydrogens is 290 g/mol. The number of nitrogens with zero attached hydrogens (tertiary/aromatic N) is 1. The van der Waals surface area contributed by atoms with E-state index in [0.717, 1.165) is 24.6 Å². The molecule has 3 rings (SSSR count). The summed E-state index contributed by atoms with van der Waals surface area (Å²) in [6.45, 7) is 0. The summed E-state index contributed by atoms with van der Waals surface area (Å²) in [4.78, 5) is 11.1.